The Morgan fingerprint density at radius 1 is 1.32 bits per heavy atom. The van der Waals surface area contributed by atoms with Gasteiger partial charge in [-0.15, -0.1) is 18.3 Å². The lowest BCUT2D eigenvalue weighted by molar-refractivity contribution is -0.146. The second-order valence-electron chi connectivity index (χ2n) is 4.91. The molecule has 0 bridgehead atoms. The van der Waals surface area contributed by atoms with Gasteiger partial charge in [0.1, 0.15) is 11.4 Å². The maximum Gasteiger partial charge on any atom is 0.326 e. The molecule has 1 rings (SSSR count). The molecule has 0 aliphatic rings. The molecule has 0 spiro atoms. The van der Waals surface area contributed by atoms with Crippen LogP contribution in [0.1, 0.15) is 18.9 Å². The van der Waals surface area contributed by atoms with E-state index in [4.69, 9.17) is 14.2 Å². The van der Waals surface area contributed by atoms with Gasteiger partial charge in [-0.3, -0.25) is 4.79 Å². The normalized spacial score (nSPS) is 13.6. The molecule has 5 heteroatoms. The van der Waals surface area contributed by atoms with Crippen LogP contribution < -0.4 is 0 Å². The van der Waals surface area contributed by atoms with Crippen LogP contribution in [0.4, 0.5) is 0 Å². The predicted molar refractivity (Wildman–Crippen MR) is 89.7 cm³/mol. The number of hydrogen-bond acceptors (Lipinski definition) is 5. The molecule has 0 fully saturated rings. The number of rotatable bonds is 10. The van der Waals surface area contributed by atoms with E-state index < -0.39 is 4.75 Å². The SMILES string of the molecule is C=C[C@](C)(SCCC(OC)OC)C(=O)OCc1ccccc1. The van der Waals surface area contributed by atoms with E-state index in [1.165, 1.54) is 11.8 Å². The molecule has 0 aliphatic carbocycles. The summed E-state index contributed by atoms with van der Waals surface area (Å²) in [6.07, 6.45) is 2.05. The number of hydrogen-bond donors (Lipinski definition) is 0. The molecule has 0 radical (unpaired) electrons. The number of carbonyl (C=O) groups excluding carboxylic acids is 1. The molecular weight excluding hydrogens is 300 g/mol. The highest BCUT2D eigenvalue weighted by atomic mass is 32.2. The Morgan fingerprint density at radius 2 is 1.95 bits per heavy atom. The third kappa shape index (κ3) is 5.83. The van der Waals surface area contributed by atoms with Gasteiger partial charge in [-0.25, -0.2) is 0 Å². The van der Waals surface area contributed by atoms with Crippen molar-refractivity contribution in [2.45, 2.75) is 31.0 Å². The standard InChI is InChI=1S/C17H24O4S/c1-5-17(2,22-12-11-15(19-3)20-4)16(18)21-13-14-9-7-6-8-10-14/h5-10,15H,1,11-13H2,2-4H3/t17-/m0/s1. The molecule has 1 atom stereocenters. The van der Waals surface area contributed by atoms with E-state index in [-0.39, 0.29) is 18.9 Å². The number of thioether (sulfide) groups is 1. The fraction of sp³-hybridized carbons (Fsp3) is 0.471. The van der Waals surface area contributed by atoms with Gasteiger partial charge >= 0.3 is 5.97 Å². The molecule has 0 amide bonds. The van der Waals surface area contributed by atoms with E-state index in [0.717, 1.165) is 5.56 Å². The lowest BCUT2D eigenvalue weighted by Gasteiger charge is -2.24. The van der Waals surface area contributed by atoms with Gasteiger partial charge in [0.25, 0.3) is 0 Å². The van der Waals surface area contributed by atoms with Gasteiger partial charge in [0.05, 0.1) is 0 Å². The highest BCUT2D eigenvalue weighted by Gasteiger charge is 2.32. The zero-order valence-corrected chi connectivity index (χ0v) is 14.2. The van der Waals surface area contributed by atoms with Crippen molar-refractivity contribution in [1.29, 1.82) is 0 Å². The first-order valence-electron chi connectivity index (χ1n) is 7.10. The molecule has 0 saturated heterocycles. The molecule has 0 heterocycles. The zero-order valence-electron chi connectivity index (χ0n) is 13.4. The van der Waals surface area contributed by atoms with Crippen LogP contribution in [0, 0.1) is 0 Å². The molecule has 0 aromatic heterocycles. The largest absolute Gasteiger partial charge is 0.460 e. The first-order chi connectivity index (χ1) is 10.6. The average molecular weight is 324 g/mol. The zero-order chi connectivity index (χ0) is 16.4. The summed E-state index contributed by atoms with van der Waals surface area (Å²) in [5.74, 6) is 0.415. The van der Waals surface area contributed by atoms with Crippen molar-refractivity contribution in [3.63, 3.8) is 0 Å². The minimum absolute atomic E-state index is 0.262. The molecule has 122 valence electrons. The van der Waals surface area contributed by atoms with Crippen molar-refractivity contribution in [2.75, 3.05) is 20.0 Å². The van der Waals surface area contributed by atoms with Gasteiger partial charge in [0.15, 0.2) is 6.29 Å². The molecule has 1 aromatic carbocycles. The average Bonchev–Trinajstić information content (AvgIpc) is 2.57. The number of methoxy groups -OCH3 is 2. The summed E-state index contributed by atoms with van der Waals surface area (Å²) in [6.45, 7) is 5.84. The molecule has 0 N–H and O–H groups in total. The van der Waals surface area contributed by atoms with Crippen LogP contribution in [0.15, 0.2) is 43.0 Å². The summed E-state index contributed by atoms with van der Waals surface area (Å²) in [4.78, 5) is 12.3. The molecule has 0 unspecified atom stereocenters. The number of ether oxygens (including phenoxy) is 3. The van der Waals surface area contributed by atoms with E-state index in [1.807, 2.05) is 37.3 Å². The maximum atomic E-state index is 12.3. The predicted octanol–water partition coefficient (Wildman–Crippen LogP) is 3.42. The Labute approximate surface area is 136 Å². The molecule has 4 nitrogen and oxygen atoms in total. The summed E-state index contributed by atoms with van der Waals surface area (Å²) < 4.78 is 14.9. The quantitative estimate of drug-likeness (QED) is 0.375. The van der Waals surface area contributed by atoms with E-state index >= 15 is 0 Å². The summed E-state index contributed by atoms with van der Waals surface area (Å²) in [5.41, 5.74) is 0.964. The highest BCUT2D eigenvalue weighted by molar-refractivity contribution is 8.01. The smallest absolute Gasteiger partial charge is 0.326 e. The monoisotopic (exact) mass is 324 g/mol. The first kappa shape index (κ1) is 18.7. The molecule has 22 heavy (non-hydrogen) atoms. The van der Waals surface area contributed by atoms with E-state index in [1.54, 1.807) is 20.3 Å². The topological polar surface area (TPSA) is 44.8 Å². The van der Waals surface area contributed by atoms with Crippen molar-refractivity contribution in [3.8, 4) is 0 Å². The van der Waals surface area contributed by atoms with Crippen LogP contribution in [-0.2, 0) is 25.6 Å². The van der Waals surface area contributed by atoms with Crippen LogP contribution >= 0.6 is 11.8 Å². The molecule has 1 aromatic rings. The van der Waals surface area contributed by atoms with Gasteiger partial charge in [-0.1, -0.05) is 36.4 Å². The second kappa shape index (κ2) is 9.66. The third-order valence-corrected chi connectivity index (χ3v) is 4.66. The summed E-state index contributed by atoms with van der Waals surface area (Å²) in [7, 11) is 3.19. The van der Waals surface area contributed by atoms with Crippen LogP contribution in [0.3, 0.4) is 0 Å². The van der Waals surface area contributed by atoms with E-state index in [0.29, 0.717) is 12.2 Å². The van der Waals surface area contributed by atoms with Gasteiger partial charge < -0.3 is 14.2 Å². The Kier molecular flexibility index (Phi) is 8.24. The van der Waals surface area contributed by atoms with Crippen molar-refractivity contribution in [3.05, 3.63) is 48.6 Å². The Balaban J connectivity index is 2.49. The van der Waals surface area contributed by atoms with Crippen molar-refractivity contribution in [2.24, 2.45) is 0 Å². The minimum Gasteiger partial charge on any atom is -0.460 e. The third-order valence-electron chi connectivity index (χ3n) is 3.29. The maximum absolute atomic E-state index is 12.3. The van der Waals surface area contributed by atoms with E-state index in [9.17, 15) is 4.79 Å². The van der Waals surface area contributed by atoms with Crippen molar-refractivity contribution < 1.29 is 19.0 Å². The lowest BCUT2D eigenvalue weighted by Crippen LogP contribution is -2.32. The van der Waals surface area contributed by atoms with Crippen LogP contribution in [0.25, 0.3) is 0 Å². The fourth-order valence-electron chi connectivity index (χ4n) is 1.77. The number of benzene rings is 1. The minimum atomic E-state index is -0.777. The number of esters is 1. The molecule has 0 saturated carbocycles. The molecule has 0 aliphatic heterocycles. The van der Waals surface area contributed by atoms with Crippen LogP contribution in [0.5, 0.6) is 0 Å². The van der Waals surface area contributed by atoms with Gasteiger partial charge in [0, 0.05) is 20.6 Å². The summed E-state index contributed by atoms with van der Waals surface area (Å²) in [5, 5.41) is 0. The van der Waals surface area contributed by atoms with Gasteiger partial charge in [0.2, 0.25) is 0 Å². The van der Waals surface area contributed by atoms with Crippen LogP contribution in [-0.4, -0.2) is 37.0 Å². The first-order valence-corrected chi connectivity index (χ1v) is 8.08. The lowest BCUT2D eigenvalue weighted by atomic mass is 10.2. The Bertz CT molecular complexity index is 459. The van der Waals surface area contributed by atoms with Crippen molar-refractivity contribution in [1.82, 2.24) is 0 Å². The second-order valence-corrected chi connectivity index (χ2v) is 6.46. The van der Waals surface area contributed by atoms with Gasteiger partial charge in [-0.05, 0) is 18.2 Å². The summed E-state index contributed by atoms with van der Waals surface area (Å²) >= 11 is 1.47. The Morgan fingerprint density at radius 3 is 2.50 bits per heavy atom. The number of carbonyl (C=O) groups is 1. The van der Waals surface area contributed by atoms with Crippen molar-refractivity contribution >= 4 is 17.7 Å². The Hall–Kier alpha value is -1.30. The van der Waals surface area contributed by atoms with E-state index in [2.05, 4.69) is 6.58 Å². The summed E-state index contributed by atoms with van der Waals surface area (Å²) in [6, 6.07) is 9.61. The van der Waals surface area contributed by atoms with Crippen LogP contribution in [0.2, 0.25) is 0 Å². The molecular formula is C17H24O4S. The van der Waals surface area contributed by atoms with Gasteiger partial charge in [-0.2, -0.15) is 0 Å². The fourth-order valence-corrected chi connectivity index (χ4v) is 2.80. The highest BCUT2D eigenvalue weighted by Crippen LogP contribution is 2.29.